The maximum atomic E-state index is 11.8. The predicted molar refractivity (Wildman–Crippen MR) is 74.4 cm³/mol. The number of hydrogen-bond donors (Lipinski definition) is 2. The van der Waals surface area contributed by atoms with Crippen LogP contribution in [0.2, 0.25) is 0 Å². The van der Waals surface area contributed by atoms with Crippen molar-refractivity contribution in [3.8, 4) is 0 Å². The van der Waals surface area contributed by atoms with Crippen molar-refractivity contribution in [2.75, 3.05) is 19.6 Å². The van der Waals surface area contributed by atoms with Gasteiger partial charge in [-0.15, -0.1) is 0 Å². The van der Waals surface area contributed by atoms with Gasteiger partial charge in [0.25, 0.3) is 0 Å². The molecule has 1 amide bonds. The first kappa shape index (κ1) is 14.6. The summed E-state index contributed by atoms with van der Waals surface area (Å²) in [4.78, 5) is 11.8. The summed E-state index contributed by atoms with van der Waals surface area (Å²) in [6, 6.07) is 0. The Morgan fingerprint density at radius 1 is 1.47 bits per heavy atom. The predicted octanol–water partition coefficient (Wildman–Crippen LogP) is 1.88. The third-order valence-corrected chi connectivity index (χ3v) is 4.34. The van der Waals surface area contributed by atoms with Gasteiger partial charge in [-0.1, -0.05) is 12.8 Å². The van der Waals surface area contributed by atoms with Gasteiger partial charge >= 0.3 is 6.09 Å². The number of carbonyl (C=O) groups is 1. The van der Waals surface area contributed by atoms with Crippen molar-refractivity contribution in [3.63, 3.8) is 0 Å². The van der Waals surface area contributed by atoms with E-state index in [1.54, 1.807) is 0 Å². The van der Waals surface area contributed by atoms with Crippen molar-refractivity contribution in [3.05, 3.63) is 0 Å². The summed E-state index contributed by atoms with van der Waals surface area (Å²) in [5.41, 5.74) is 8.62. The van der Waals surface area contributed by atoms with E-state index in [9.17, 15) is 4.79 Å². The number of rotatable bonds is 2. The number of nitrogens with zero attached hydrogens (tertiary/aromatic N) is 1. The van der Waals surface area contributed by atoms with Crippen LogP contribution in [-0.2, 0) is 4.74 Å². The molecule has 2 aliphatic rings. The second-order valence-electron chi connectivity index (χ2n) is 7.00. The van der Waals surface area contributed by atoms with E-state index >= 15 is 0 Å². The zero-order valence-electron chi connectivity index (χ0n) is 12.4. The molecule has 19 heavy (non-hydrogen) atoms. The lowest BCUT2D eigenvalue weighted by Gasteiger charge is -2.37. The monoisotopic (exact) mass is 269 g/mol. The third-order valence-electron chi connectivity index (χ3n) is 4.34. The van der Waals surface area contributed by atoms with Gasteiger partial charge < -0.3 is 10.5 Å². The molecule has 1 saturated carbocycles. The minimum atomic E-state index is -0.456. The quantitative estimate of drug-likeness (QED) is 0.803. The van der Waals surface area contributed by atoms with Crippen LogP contribution in [0.4, 0.5) is 4.79 Å². The van der Waals surface area contributed by atoms with Gasteiger partial charge in [-0.05, 0) is 46.1 Å². The lowest BCUT2D eigenvalue weighted by molar-refractivity contribution is 0.0348. The Kier molecular flexibility index (Phi) is 4.06. The molecule has 2 fully saturated rings. The van der Waals surface area contributed by atoms with E-state index < -0.39 is 5.60 Å². The molecule has 5 heteroatoms. The molecule has 1 saturated heterocycles. The zero-order valence-corrected chi connectivity index (χ0v) is 12.4. The SMILES string of the molecule is CC(C)(C)OC(=O)NN1CC2CCCCC2(CN)C1. The Hall–Kier alpha value is -0.810. The molecule has 1 aliphatic carbocycles. The van der Waals surface area contributed by atoms with Crippen LogP contribution in [0.3, 0.4) is 0 Å². The molecule has 2 rings (SSSR count). The van der Waals surface area contributed by atoms with Gasteiger partial charge in [0.05, 0.1) is 0 Å². The van der Waals surface area contributed by atoms with Crippen LogP contribution in [0.25, 0.3) is 0 Å². The molecule has 5 nitrogen and oxygen atoms in total. The summed E-state index contributed by atoms with van der Waals surface area (Å²) in [6.45, 7) is 8.08. The molecule has 0 aromatic rings. The van der Waals surface area contributed by atoms with Crippen molar-refractivity contribution < 1.29 is 9.53 Å². The fourth-order valence-electron chi connectivity index (χ4n) is 3.43. The molecular weight excluding hydrogens is 242 g/mol. The molecule has 0 aromatic heterocycles. The zero-order chi connectivity index (χ0) is 14.1. The molecule has 2 unspecified atom stereocenters. The molecule has 110 valence electrons. The van der Waals surface area contributed by atoms with Crippen LogP contribution < -0.4 is 11.2 Å². The van der Waals surface area contributed by atoms with Crippen molar-refractivity contribution >= 4 is 6.09 Å². The highest BCUT2D eigenvalue weighted by Crippen LogP contribution is 2.45. The van der Waals surface area contributed by atoms with E-state index in [-0.39, 0.29) is 11.5 Å². The maximum absolute atomic E-state index is 11.8. The lowest BCUT2D eigenvalue weighted by atomic mass is 9.68. The molecular formula is C14H27N3O2. The molecule has 0 bridgehead atoms. The number of nitrogens with one attached hydrogen (secondary N) is 1. The van der Waals surface area contributed by atoms with Crippen molar-refractivity contribution in [1.82, 2.24) is 10.4 Å². The molecule has 2 atom stereocenters. The summed E-state index contributed by atoms with van der Waals surface area (Å²) in [6.07, 6.45) is 4.59. The highest BCUT2D eigenvalue weighted by Gasteiger charge is 2.47. The highest BCUT2D eigenvalue weighted by molar-refractivity contribution is 5.67. The van der Waals surface area contributed by atoms with Crippen LogP contribution in [0.15, 0.2) is 0 Å². The summed E-state index contributed by atoms with van der Waals surface area (Å²) in [5.74, 6) is 0.612. The molecule has 0 radical (unpaired) electrons. The smallest absolute Gasteiger partial charge is 0.422 e. The standard InChI is InChI=1S/C14H27N3O2/c1-13(2,3)19-12(18)16-17-8-11-6-4-5-7-14(11,9-15)10-17/h11H,4-10,15H2,1-3H3,(H,16,18). The summed E-state index contributed by atoms with van der Waals surface area (Å²) < 4.78 is 5.30. The Morgan fingerprint density at radius 2 is 2.21 bits per heavy atom. The second-order valence-corrected chi connectivity index (χ2v) is 7.00. The summed E-state index contributed by atoms with van der Waals surface area (Å²) in [7, 11) is 0. The van der Waals surface area contributed by atoms with Crippen molar-refractivity contribution in [1.29, 1.82) is 0 Å². The van der Waals surface area contributed by atoms with Crippen LogP contribution >= 0.6 is 0 Å². The van der Waals surface area contributed by atoms with Gasteiger partial charge in [-0.2, -0.15) is 0 Å². The van der Waals surface area contributed by atoms with Crippen LogP contribution in [0.5, 0.6) is 0 Å². The number of nitrogens with two attached hydrogens (primary N) is 1. The van der Waals surface area contributed by atoms with E-state index in [2.05, 4.69) is 5.43 Å². The number of fused-ring (bicyclic) bond motifs is 1. The topological polar surface area (TPSA) is 67.6 Å². The van der Waals surface area contributed by atoms with E-state index in [0.717, 1.165) is 13.1 Å². The minimum absolute atomic E-state index is 0.202. The van der Waals surface area contributed by atoms with Gasteiger partial charge in [0.15, 0.2) is 0 Å². The maximum Gasteiger partial charge on any atom is 0.422 e. The molecule has 3 N–H and O–H groups in total. The third kappa shape index (κ3) is 3.39. The average molecular weight is 269 g/mol. The van der Waals surface area contributed by atoms with Gasteiger partial charge in [0, 0.05) is 18.5 Å². The Bertz CT molecular complexity index is 340. The summed E-state index contributed by atoms with van der Waals surface area (Å²) >= 11 is 0. The molecule has 1 aliphatic heterocycles. The Balaban J connectivity index is 1.92. The normalized spacial score (nSPS) is 31.9. The van der Waals surface area contributed by atoms with E-state index in [1.165, 1.54) is 25.7 Å². The Labute approximate surface area is 115 Å². The lowest BCUT2D eigenvalue weighted by Crippen LogP contribution is -2.45. The number of ether oxygens (including phenoxy) is 1. The van der Waals surface area contributed by atoms with Crippen LogP contribution in [0, 0.1) is 11.3 Å². The number of hydrogen-bond acceptors (Lipinski definition) is 4. The van der Waals surface area contributed by atoms with Crippen molar-refractivity contribution in [2.45, 2.75) is 52.1 Å². The largest absolute Gasteiger partial charge is 0.443 e. The van der Waals surface area contributed by atoms with Crippen LogP contribution in [0.1, 0.15) is 46.5 Å². The van der Waals surface area contributed by atoms with Crippen molar-refractivity contribution in [2.24, 2.45) is 17.1 Å². The van der Waals surface area contributed by atoms with E-state index in [4.69, 9.17) is 10.5 Å². The molecule has 1 heterocycles. The van der Waals surface area contributed by atoms with E-state index in [1.807, 2.05) is 25.8 Å². The highest BCUT2D eigenvalue weighted by atomic mass is 16.6. The average Bonchev–Trinajstić information content (AvgIpc) is 2.64. The first-order valence-electron chi connectivity index (χ1n) is 7.29. The number of amides is 1. The summed E-state index contributed by atoms with van der Waals surface area (Å²) in [5, 5.41) is 2.00. The van der Waals surface area contributed by atoms with Gasteiger partial charge in [-0.25, -0.2) is 9.80 Å². The molecule has 0 spiro atoms. The van der Waals surface area contributed by atoms with Gasteiger partial charge in [-0.3, -0.25) is 5.43 Å². The van der Waals surface area contributed by atoms with Gasteiger partial charge in [0.2, 0.25) is 0 Å². The van der Waals surface area contributed by atoms with Gasteiger partial charge in [0.1, 0.15) is 5.60 Å². The van der Waals surface area contributed by atoms with E-state index in [0.29, 0.717) is 12.5 Å². The number of carbonyl (C=O) groups excluding carboxylic acids is 1. The fraction of sp³-hybridized carbons (Fsp3) is 0.929. The first-order chi connectivity index (χ1) is 8.85. The van der Waals surface area contributed by atoms with Crippen LogP contribution in [-0.4, -0.2) is 36.3 Å². The number of hydrazine groups is 1. The molecule has 0 aromatic carbocycles. The second kappa shape index (κ2) is 5.29. The minimum Gasteiger partial charge on any atom is -0.443 e. The first-order valence-corrected chi connectivity index (χ1v) is 7.29. The Morgan fingerprint density at radius 3 is 2.79 bits per heavy atom. The fourth-order valence-corrected chi connectivity index (χ4v) is 3.43.